The highest BCUT2D eigenvalue weighted by molar-refractivity contribution is 9.10. The van der Waals surface area contributed by atoms with Crippen LogP contribution in [0.15, 0.2) is 34.9 Å². The Morgan fingerprint density at radius 1 is 1.24 bits per heavy atom. The van der Waals surface area contributed by atoms with Gasteiger partial charge in [-0.05, 0) is 39.7 Å². The fourth-order valence-electron chi connectivity index (χ4n) is 2.38. The summed E-state index contributed by atoms with van der Waals surface area (Å²) in [6.07, 6.45) is 1.74. The van der Waals surface area contributed by atoms with Crippen molar-refractivity contribution in [2.24, 2.45) is 0 Å². The highest BCUT2D eigenvalue weighted by Gasteiger charge is 2.15. The van der Waals surface area contributed by atoms with E-state index in [1.54, 1.807) is 6.20 Å². The second-order valence-electron chi connectivity index (χ2n) is 4.74. The number of hydrogen-bond donors (Lipinski definition) is 1. The summed E-state index contributed by atoms with van der Waals surface area (Å²) < 4.78 is 13.5. The Hall–Kier alpha value is -2.28. The number of pyridine rings is 1. The first-order valence-corrected chi connectivity index (χ1v) is 7.16. The first-order valence-electron chi connectivity index (χ1n) is 6.36. The number of anilines is 1. The number of nitrogens with zero attached hydrogens (tertiary/aromatic N) is 3. The molecule has 106 valence electrons. The summed E-state index contributed by atoms with van der Waals surface area (Å²) >= 11 is 3.38. The zero-order chi connectivity index (χ0) is 14.4. The molecule has 0 fully saturated rings. The fourth-order valence-corrected chi connectivity index (χ4v) is 2.70. The smallest absolute Gasteiger partial charge is 0.231 e. The molecule has 2 aromatic heterocycles. The van der Waals surface area contributed by atoms with Crippen LogP contribution in [-0.4, -0.2) is 21.3 Å². The largest absolute Gasteiger partial charge is 0.454 e. The molecule has 0 aliphatic carbocycles. The highest BCUT2D eigenvalue weighted by Crippen LogP contribution is 2.33. The van der Waals surface area contributed by atoms with Gasteiger partial charge in [0.2, 0.25) is 12.7 Å². The molecule has 4 rings (SSSR count). The van der Waals surface area contributed by atoms with Crippen LogP contribution in [-0.2, 0) is 6.54 Å². The summed E-state index contributed by atoms with van der Waals surface area (Å²) in [7, 11) is 0. The highest BCUT2D eigenvalue weighted by atomic mass is 79.9. The van der Waals surface area contributed by atoms with Crippen LogP contribution in [0.1, 0.15) is 5.56 Å². The van der Waals surface area contributed by atoms with Gasteiger partial charge in [-0.3, -0.25) is 4.57 Å². The molecule has 1 aromatic carbocycles. The van der Waals surface area contributed by atoms with Crippen molar-refractivity contribution in [2.75, 3.05) is 12.5 Å². The quantitative estimate of drug-likeness (QED) is 0.771. The van der Waals surface area contributed by atoms with Crippen LogP contribution in [0.25, 0.3) is 11.2 Å². The summed E-state index contributed by atoms with van der Waals surface area (Å²) in [5, 5.41) is 0. The van der Waals surface area contributed by atoms with Crippen molar-refractivity contribution >= 4 is 33.0 Å². The van der Waals surface area contributed by atoms with Gasteiger partial charge in [-0.2, -0.15) is 0 Å². The molecular formula is C14H11BrN4O2. The standard InChI is InChI=1S/C14H11BrN4O2/c15-9-4-10-13(17-5-9)19(14(16)18-10)6-8-1-2-11-12(3-8)21-7-20-11/h1-5H,6-7H2,(H2,16,18). The van der Waals surface area contributed by atoms with Crippen molar-refractivity contribution < 1.29 is 9.47 Å². The van der Waals surface area contributed by atoms with Gasteiger partial charge in [-0.1, -0.05) is 6.07 Å². The zero-order valence-electron chi connectivity index (χ0n) is 10.9. The van der Waals surface area contributed by atoms with Gasteiger partial charge >= 0.3 is 0 Å². The monoisotopic (exact) mass is 346 g/mol. The lowest BCUT2D eigenvalue weighted by Gasteiger charge is -2.07. The Bertz CT molecular complexity index is 846. The Morgan fingerprint density at radius 2 is 2.10 bits per heavy atom. The number of nitrogen functional groups attached to an aromatic ring is 1. The SMILES string of the molecule is Nc1nc2cc(Br)cnc2n1Cc1ccc2c(c1)OCO2. The first-order chi connectivity index (χ1) is 10.2. The van der Waals surface area contributed by atoms with E-state index in [4.69, 9.17) is 15.2 Å². The second kappa shape index (κ2) is 4.63. The number of rotatable bonds is 2. The lowest BCUT2D eigenvalue weighted by molar-refractivity contribution is 0.174. The third-order valence-corrected chi connectivity index (χ3v) is 3.79. The van der Waals surface area contributed by atoms with Crippen LogP contribution < -0.4 is 15.2 Å². The molecule has 2 N–H and O–H groups in total. The number of imidazole rings is 1. The van der Waals surface area contributed by atoms with Gasteiger partial charge in [0.25, 0.3) is 0 Å². The van der Waals surface area contributed by atoms with Crippen molar-refractivity contribution in [1.29, 1.82) is 0 Å². The molecule has 21 heavy (non-hydrogen) atoms. The molecule has 0 radical (unpaired) electrons. The maximum Gasteiger partial charge on any atom is 0.231 e. The van der Waals surface area contributed by atoms with Crippen LogP contribution >= 0.6 is 15.9 Å². The van der Waals surface area contributed by atoms with Gasteiger partial charge in [0.15, 0.2) is 17.1 Å². The molecule has 0 atom stereocenters. The first kappa shape index (κ1) is 12.5. The summed E-state index contributed by atoms with van der Waals surface area (Å²) in [6, 6.07) is 7.73. The van der Waals surface area contributed by atoms with E-state index in [2.05, 4.69) is 25.9 Å². The van der Waals surface area contributed by atoms with E-state index < -0.39 is 0 Å². The molecule has 0 spiro atoms. The maximum atomic E-state index is 6.00. The number of ether oxygens (including phenoxy) is 2. The number of fused-ring (bicyclic) bond motifs is 2. The number of nitrogens with two attached hydrogens (primary N) is 1. The molecule has 3 heterocycles. The Morgan fingerprint density at radius 3 is 3.00 bits per heavy atom. The van der Waals surface area contributed by atoms with Crippen LogP contribution in [0.2, 0.25) is 0 Å². The average Bonchev–Trinajstić information content (AvgIpc) is 3.03. The molecule has 1 aliphatic heterocycles. The maximum absolute atomic E-state index is 6.00. The molecule has 3 aromatic rings. The van der Waals surface area contributed by atoms with Gasteiger partial charge in [0.05, 0.1) is 6.54 Å². The predicted octanol–water partition coefficient (Wildman–Crippen LogP) is 2.55. The zero-order valence-corrected chi connectivity index (χ0v) is 12.5. The summed E-state index contributed by atoms with van der Waals surface area (Å²) in [4.78, 5) is 8.72. The fraction of sp³-hybridized carbons (Fsp3) is 0.143. The number of aromatic nitrogens is 3. The van der Waals surface area contributed by atoms with Crippen molar-refractivity contribution in [3.05, 3.63) is 40.5 Å². The van der Waals surface area contributed by atoms with Crippen molar-refractivity contribution in [1.82, 2.24) is 14.5 Å². The molecular weight excluding hydrogens is 336 g/mol. The van der Waals surface area contributed by atoms with E-state index in [0.29, 0.717) is 12.5 Å². The van der Waals surface area contributed by atoms with E-state index in [-0.39, 0.29) is 6.79 Å². The van der Waals surface area contributed by atoms with Crippen molar-refractivity contribution in [2.45, 2.75) is 6.54 Å². The van der Waals surface area contributed by atoms with Crippen molar-refractivity contribution in [3.8, 4) is 11.5 Å². The molecule has 0 bridgehead atoms. The Labute approximate surface area is 128 Å². The van der Waals surface area contributed by atoms with Gasteiger partial charge < -0.3 is 15.2 Å². The summed E-state index contributed by atoms with van der Waals surface area (Å²) in [5.41, 5.74) is 8.58. The average molecular weight is 347 g/mol. The molecule has 0 amide bonds. The van der Waals surface area contributed by atoms with Crippen LogP contribution in [0.3, 0.4) is 0 Å². The molecule has 6 nitrogen and oxygen atoms in total. The molecule has 7 heteroatoms. The summed E-state index contributed by atoms with van der Waals surface area (Å²) in [5.74, 6) is 1.96. The minimum atomic E-state index is 0.268. The minimum absolute atomic E-state index is 0.268. The second-order valence-corrected chi connectivity index (χ2v) is 5.66. The normalized spacial score (nSPS) is 13.0. The number of halogens is 1. The van der Waals surface area contributed by atoms with E-state index >= 15 is 0 Å². The predicted molar refractivity (Wildman–Crippen MR) is 81.3 cm³/mol. The molecule has 1 aliphatic rings. The van der Waals surface area contributed by atoms with E-state index in [9.17, 15) is 0 Å². The molecule has 0 unspecified atom stereocenters. The molecule has 0 saturated carbocycles. The van der Waals surface area contributed by atoms with E-state index in [0.717, 1.165) is 32.7 Å². The van der Waals surface area contributed by atoms with Gasteiger partial charge in [-0.15, -0.1) is 0 Å². The summed E-state index contributed by atoms with van der Waals surface area (Å²) in [6.45, 7) is 0.845. The van der Waals surface area contributed by atoms with Gasteiger partial charge in [0, 0.05) is 10.7 Å². The van der Waals surface area contributed by atoms with Crippen LogP contribution in [0.5, 0.6) is 11.5 Å². The van der Waals surface area contributed by atoms with Gasteiger partial charge in [-0.25, -0.2) is 9.97 Å². The molecule has 0 saturated heterocycles. The third-order valence-electron chi connectivity index (χ3n) is 3.36. The lowest BCUT2D eigenvalue weighted by atomic mass is 10.2. The number of benzene rings is 1. The van der Waals surface area contributed by atoms with Crippen LogP contribution in [0, 0.1) is 0 Å². The Kier molecular flexibility index (Phi) is 2.75. The topological polar surface area (TPSA) is 75.2 Å². The van der Waals surface area contributed by atoms with E-state index in [1.807, 2.05) is 28.8 Å². The Balaban J connectivity index is 1.75. The van der Waals surface area contributed by atoms with Crippen LogP contribution in [0.4, 0.5) is 5.95 Å². The van der Waals surface area contributed by atoms with E-state index in [1.165, 1.54) is 0 Å². The number of hydrogen-bond acceptors (Lipinski definition) is 5. The van der Waals surface area contributed by atoms with Gasteiger partial charge in [0.1, 0.15) is 5.52 Å². The lowest BCUT2D eigenvalue weighted by Crippen LogP contribution is -2.05. The third kappa shape index (κ3) is 2.09. The minimum Gasteiger partial charge on any atom is -0.454 e. The van der Waals surface area contributed by atoms with Crippen molar-refractivity contribution in [3.63, 3.8) is 0 Å².